The zero-order valence-electron chi connectivity index (χ0n) is 16.1. The number of allylic oxidation sites excluding steroid dienone is 1. The van der Waals surface area contributed by atoms with Crippen molar-refractivity contribution in [1.29, 1.82) is 0 Å². The van der Waals surface area contributed by atoms with Gasteiger partial charge in [-0.1, -0.05) is 83.3 Å². The lowest BCUT2D eigenvalue weighted by Gasteiger charge is -2.05. The largest absolute Gasteiger partial charge is 0.469 e. The normalized spacial score (nSPS) is 12.6. The molecule has 0 bridgehead atoms. The molecule has 0 aromatic heterocycles. The summed E-state index contributed by atoms with van der Waals surface area (Å²) in [6, 6.07) is 0. The second-order valence-electron chi connectivity index (χ2n) is 6.79. The lowest BCUT2D eigenvalue weighted by molar-refractivity contribution is -0.140. The summed E-state index contributed by atoms with van der Waals surface area (Å²) in [6.45, 7) is 2.22. The van der Waals surface area contributed by atoms with E-state index in [0.29, 0.717) is 6.42 Å². The summed E-state index contributed by atoms with van der Waals surface area (Å²) in [5.74, 6) is -0.0927. The van der Waals surface area contributed by atoms with Gasteiger partial charge in [-0.05, 0) is 25.7 Å². The lowest BCUT2D eigenvalue weighted by Crippen LogP contribution is -2.01. The smallest absolute Gasteiger partial charge is 0.305 e. The van der Waals surface area contributed by atoms with Crippen molar-refractivity contribution in [2.75, 3.05) is 7.11 Å². The molecule has 0 aliphatic heterocycles. The standard InChI is InChI=1S/C21H40O3/c1-3-4-5-11-14-17-20(22)18-15-12-9-7-6-8-10-13-16-19-21(23)24-2/h15,18,20,22H,3-14,16-17,19H2,1-2H3/b18-15+. The molecule has 3 heteroatoms. The van der Waals surface area contributed by atoms with Crippen LogP contribution in [-0.4, -0.2) is 24.3 Å². The van der Waals surface area contributed by atoms with Gasteiger partial charge in [-0.15, -0.1) is 0 Å². The summed E-state index contributed by atoms with van der Waals surface area (Å²) < 4.78 is 4.62. The van der Waals surface area contributed by atoms with E-state index in [1.54, 1.807) is 0 Å². The Balaban J connectivity index is 3.26. The minimum atomic E-state index is -0.249. The Bertz CT molecular complexity index is 299. The molecule has 1 N–H and O–H groups in total. The van der Waals surface area contributed by atoms with Crippen LogP contribution >= 0.6 is 0 Å². The first-order valence-corrected chi connectivity index (χ1v) is 10.1. The van der Waals surface area contributed by atoms with Crippen molar-refractivity contribution in [3.8, 4) is 0 Å². The highest BCUT2D eigenvalue weighted by atomic mass is 16.5. The minimum absolute atomic E-state index is 0.0927. The van der Waals surface area contributed by atoms with Crippen LogP contribution in [0.5, 0.6) is 0 Å². The summed E-state index contributed by atoms with van der Waals surface area (Å²) in [6.07, 6.45) is 21.0. The highest BCUT2D eigenvalue weighted by Crippen LogP contribution is 2.11. The first kappa shape index (κ1) is 23.2. The average Bonchev–Trinajstić information content (AvgIpc) is 2.59. The van der Waals surface area contributed by atoms with E-state index in [-0.39, 0.29) is 12.1 Å². The van der Waals surface area contributed by atoms with Gasteiger partial charge < -0.3 is 9.84 Å². The third-order valence-electron chi connectivity index (χ3n) is 4.44. The molecule has 0 radical (unpaired) electrons. The molecule has 1 atom stereocenters. The molecule has 3 nitrogen and oxygen atoms in total. The number of ether oxygens (including phenoxy) is 1. The van der Waals surface area contributed by atoms with Crippen LogP contribution in [0, 0.1) is 0 Å². The van der Waals surface area contributed by atoms with Crippen molar-refractivity contribution in [2.45, 2.75) is 109 Å². The zero-order chi connectivity index (χ0) is 17.9. The van der Waals surface area contributed by atoms with Crippen LogP contribution in [0.3, 0.4) is 0 Å². The Kier molecular flexibility index (Phi) is 17.9. The van der Waals surface area contributed by atoms with Gasteiger partial charge in [0.2, 0.25) is 0 Å². The van der Waals surface area contributed by atoms with Gasteiger partial charge in [-0.3, -0.25) is 4.79 Å². The van der Waals surface area contributed by atoms with Crippen LogP contribution in [0.2, 0.25) is 0 Å². The Morgan fingerprint density at radius 1 is 0.917 bits per heavy atom. The van der Waals surface area contributed by atoms with E-state index in [1.807, 2.05) is 6.08 Å². The van der Waals surface area contributed by atoms with Crippen molar-refractivity contribution >= 4 is 5.97 Å². The van der Waals surface area contributed by atoms with Crippen molar-refractivity contribution < 1.29 is 14.6 Å². The second-order valence-corrected chi connectivity index (χ2v) is 6.79. The van der Waals surface area contributed by atoms with Gasteiger partial charge in [-0.25, -0.2) is 0 Å². The predicted octanol–water partition coefficient (Wildman–Crippen LogP) is 5.95. The van der Waals surface area contributed by atoms with Gasteiger partial charge in [0.25, 0.3) is 0 Å². The van der Waals surface area contributed by atoms with Gasteiger partial charge in [0.05, 0.1) is 13.2 Å². The fourth-order valence-electron chi connectivity index (χ4n) is 2.82. The predicted molar refractivity (Wildman–Crippen MR) is 102 cm³/mol. The molecule has 0 aliphatic rings. The highest BCUT2D eigenvalue weighted by molar-refractivity contribution is 5.68. The number of carbonyl (C=O) groups is 1. The van der Waals surface area contributed by atoms with Crippen LogP contribution in [0.15, 0.2) is 12.2 Å². The van der Waals surface area contributed by atoms with E-state index in [4.69, 9.17) is 0 Å². The molecule has 0 amide bonds. The molecule has 0 saturated heterocycles. The molecule has 0 aliphatic carbocycles. The number of unbranched alkanes of at least 4 members (excludes halogenated alkanes) is 11. The average molecular weight is 341 g/mol. The monoisotopic (exact) mass is 340 g/mol. The molecule has 0 aromatic rings. The van der Waals surface area contributed by atoms with Gasteiger partial charge in [0, 0.05) is 6.42 Å². The maximum Gasteiger partial charge on any atom is 0.305 e. The van der Waals surface area contributed by atoms with E-state index in [0.717, 1.165) is 32.1 Å². The number of rotatable bonds is 17. The Morgan fingerprint density at radius 2 is 1.50 bits per heavy atom. The number of aliphatic hydroxyl groups is 1. The molecule has 0 fully saturated rings. The fourth-order valence-corrected chi connectivity index (χ4v) is 2.82. The summed E-state index contributed by atoms with van der Waals surface area (Å²) in [7, 11) is 1.45. The van der Waals surface area contributed by atoms with E-state index >= 15 is 0 Å². The Morgan fingerprint density at radius 3 is 2.17 bits per heavy atom. The zero-order valence-corrected chi connectivity index (χ0v) is 16.1. The van der Waals surface area contributed by atoms with E-state index < -0.39 is 0 Å². The molecule has 0 aromatic carbocycles. The van der Waals surface area contributed by atoms with Crippen LogP contribution in [0.1, 0.15) is 103 Å². The molecule has 142 valence electrons. The maximum absolute atomic E-state index is 10.9. The SMILES string of the molecule is CCCCCCCC(O)/C=C/CCCCCCCCCC(=O)OC. The van der Waals surface area contributed by atoms with Gasteiger partial charge in [-0.2, -0.15) is 0 Å². The Labute approximate surface area is 149 Å². The van der Waals surface area contributed by atoms with Gasteiger partial charge in [0.1, 0.15) is 0 Å². The summed E-state index contributed by atoms with van der Waals surface area (Å²) in [5, 5.41) is 9.87. The van der Waals surface area contributed by atoms with Crippen molar-refractivity contribution in [3.63, 3.8) is 0 Å². The highest BCUT2D eigenvalue weighted by Gasteiger charge is 2.00. The van der Waals surface area contributed by atoms with E-state index in [9.17, 15) is 9.90 Å². The van der Waals surface area contributed by atoms with Crippen LogP contribution in [0.25, 0.3) is 0 Å². The first-order valence-electron chi connectivity index (χ1n) is 10.1. The number of aliphatic hydroxyl groups excluding tert-OH is 1. The van der Waals surface area contributed by atoms with Crippen molar-refractivity contribution in [1.82, 2.24) is 0 Å². The number of carbonyl (C=O) groups excluding carboxylic acids is 1. The van der Waals surface area contributed by atoms with Crippen molar-refractivity contribution in [2.24, 2.45) is 0 Å². The molecule has 0 heterocycles. The summed E-state index contributed by atoms with van der Waals surface area (Å²) in [5.41, 5.74) is 0. The number of methoxy groups -OCH3 is 1. The topological polar surface area (TPSA) is 46.5 Å². The van der Waals surface area contributed by atoms with E-state index in [2.05, 4.69) is 17.7 Å². The molecule has 0 saturated carbocycles. The number of hydrogen-bond donors (Lipinski definition) is 1. The second kappa shape index (κ2) is 18.5. The fraction of sp³-hybridized carbons (Fsp3) is 0.857. The molecule has 24 heavy (non-hydrogen) atoms. The van der Waals surface area contributed by atoms with Gasteiger partial charge >= 0.3 is 5.97 Å². The molecule has 0 rings (SSSR count). The van der Waals surface area contributed by atoms with Crippen molar-refractivity contribution in [3.05, 3.63) is 12.2 Å². The van der Waals surface area contributed by atoms with E-state index in [1.165, 1.54) is 64.9 Å². The molecule has 0 spiro atoms. The first-order chi connectivity index (χ1) is 11.7. The lowest BCUT2D eigenvalue weighted by atomic mass is 10.1. The number of hydrogen-bond acceptors (Lipinski definition) is 3. The van der Waals surface area contributed by atoms with Crippen LogP contribution in [-0.2, 0) is 9.53 Å². The van der Waals surface area contributed by atoms with Gasteiger partial charge in [0.15, 0.2) is 0 Å². The minimum Gasteiger partial charge on any atom is -0.469 e. The molecular formula is C21H40O3. The molecular weight excluding hydrogens is 300 g/mol. The molecule has 1 unspecified atom stereocenters. The summed E-state index contributed by atoms with van der Waals surface area (Å²) in [4.78, 5) is 10.9. The third kappa shape index (κ3) is 17.5. The maximum atomic E-state index is 10.9. The van der Waals surface area contributed by atoms with Crippen LogP contribution in [0.4, 0.5) is 0 Å². The third-order valence-corrected chi connectivity index (χ3v) is 4.44. The summed E-state index contributed by atoms with van der Waals surface area (Å²) >= 11 is 0. The number of esters is 1. The quantitative estimate of drug-likeness (QED) is 0.202. The van der Waals surface area contributed by atoms with Crippen LogP contribution < -0.4 is 0 Å². The Hall–Kier alpha value is -0.830.